The monoisotopic (exact) mass is 274 g/mol. The number of aliphatic hydroxyl groups is 1. The molecule has 2 aromatic rings. The molecule has 5 heteroatoms. The number of hydrogen-bond donors (Lipinski definition) is 2. The maximum Gasteiger partial charge on any atom is 0.321 e. The van der Waals surface area contributed by atoms with E-state index in [1.807, 2.05) is 6.07 Å². The second-order valence-electron chi connectivity index (χ2n) is 4.81. The molecule has 20 heavy (non-hydrogen) atoms. The van der Waals surface area contributed by atoms with Gasteiger partial charge in [-0.15, -0.1) is 0 Å². The van der Waals surface area contributed by atoms with Gasteiger partial charge in [0.2, 0.25) is 0 Å². The topological polar surface area (TPSA) is 75.3 Å². The van der Waals surface area contributed by atoms with Crippen molar-refractivity contribution < 1.29 is 15.0 Å². The Morgan fingerprint density at radius 2 is 2.00 bits per heavy atom. The minimum Gasteiger partial charge on any atom is -0.480 e. The molecule has 2 N–H and O–H groups in total. The fourth-order valence-corrected chi connectivity index (χ4v) is 2.57. The lowest BCUT2D eigenvalue weighted by atomic mass is 9.70. The van der Waals surface area contributed by atoms with E-state index < -0.39 is 17.5 Å². The summed E-state index contributed by atoms with van der Waals surface area (Å²) < 4.78 is 1.54. The van der Waals surface area contributed by atoms with Gasteiger partial charge >= 0.3 is 5.97 Å². The zero-order valence-electron chi connectivity index (χ0n) is 11.5. The van der Waals surface area contributed by atoms with E-state index in [0.29, 0.717) is 17.5 Å². The predicted octanol–water partition coefficient (Wildman–Crippen LogP) is 1.56. The van der Waals surface area contributed by atoms with E-state index in [0.717, 1.165) is 0 Å². The number of benzene rings is 1. The van der Waals surface area contributed by atoms with Gasteiger partial charge < -0.3 is 10.2 Å². The number of aryl methyl sites for hydroxylation is 1. The average Bonchev–Trinajstić information content (AvgIpc) is 2.87. The maximum absolute atomic E-state index is 12.0. The minimum absolute atomic E-state index is 0.329. The van der Waals surface area contributed by atoms with Crippen LogP contribution in [0.3, 0.4) is 0 Å². The Morgan fingerprint density at radius 1 is 1.35 bits per heavy atom. The third kappa shape index (κ3) is 2.10. The summed E-state index contributed by atoms with van der Waals surface area (Å²) in [5.41, 5.74) is -0.465. The van der Waals surface area contributed by atoms with Gasteiger partial charge in [-0.1, -0.05) is 37.3 Å². The number of aliphatic hydroxyl groups excluding tert-OH is 1. The Balaban J connectivity index is 2.73. The van der Waals surface area contributed by atoms with Crippen LogP contribution < -0.4 is 0 Å². The molecule has 2 rings (SSSR count). The molecule has 0 aliphatic rings. The molecule has 1 aromatic heterocycles. The Bertz CT molecular complexity index is 594. The van der Waals surface area contributed by atoms with Crippen LogP contribution in [0.4, 0.5) is 0 Å². The molecule has 106 valence electrons. The summed E-state index contributed by atoms with van der Waals surface area (Å²) in [6.07, 6.45) is 2.43. The number of carboxylic acids is 1. The number of aliphatic carboxylic acids is 1. The normalized spacial score (nSPS) is 15.6. The van der Waals surface area contributed by atoms with Crippen LogP contribution in [0.25, 0.3) is 0 Å². The van der Waals surface area contributed by atoms with Gasteiger partial charge in [-0.3, -0.25) is 9.48 Å². The van der Waals surface area contributed by atoms with E-state index in [1.54, 1.807) is 49.1 Å². The van der Waals surface area contributed by atoms with Gasteiger partial charge in [0.25, 0.3) is 0 Å². The van der Waals surface area contributed by atoms with Crippen LogP contribution in [0.5, 0.6) is 0 Å². The summed E-state index contributed by atoms with van der Waals surface area (Å²) >= 11 is 0. The zero-order valence-corrected chi connectivity index (χ0v) is 11.5. The van der Waals surface area contributed by atoms with Crippen molar-refractivity contribution >= 4 is 5.97 Å². The molecule has 5 nitrogen and oxygen atoms in total. The first-order chi connectivity index (χ1) is 9.53. The van der Waals surface area contributed by atoms with Crippen molar-refractivity contribution in [2.75, 3.05) is 0 Å². The van der Waals surface area contributed by atoms with Crippen LogP contribution in [0.15, 0.2) is 42.7 Å². The minimum atomic E-state index is -1.50. The third-order valence-corrected chi connectivity index (χ3v) is 3.61. The van der Waals surface area contributed by atoms with Crippen LogP contribution >= 0.6 is 0 Å². The molecule has 1 heterocycles. The summed E-state index contributed by atoms with van der Waals surface area (Å²) in [5, 5.41) is 24.3. The highest BCUT2D eigenvalue weighted by atomic mass is 16.4. The van der Waals surface area contributed by atoms with Crippen molar-refractivity contribution in [2.45, 2.75) is 24.9 Å². The number of nitrogens with zero attached hydrogens (tertiary/aromatic N) is 2. The van der Waals surface area contributed by atoms with E-state index in [1.165, 1.54) is 6.20 Å². The van der Waals surface area contributed by atoms with Crippen LogP contribution in [-0.2, 0) is 17.3 Å². The van der Waals surface area contributed by atoms with Crippen LogP contribution in [0.2, 0.25) is 0 Å². The average molecular weight is 274 g/mol. The molecule has 0 bridgehead atoms. The molecule has 0 aliphatic heterocycles. The third-order valence-electron chi connectivity index (χ3n) is 3.61. The number of rotatable bonds is 5. The summed E-state index contributed by atoms with van der Waals surface area (Å²) in [6, 6.07) is 8.80. The molecule has 2 unspecified atom stereocenters. The van der Waals surface area contributed by atoms with Crippen molar-refractivity contribution in [3.8, 4) is 0 Å². The van der Waals surface area contributed by atoms with Crippen molar-refractivity contribution in [3.63, 3.8) is 0 Å². The summed E-state index contributed by atoms with van der Waals surface area (Å²) in [6.45, 7) is 1.77. The first-order valence-electron chi connectivity index (χ1n) is 6.49. The lowest BCUT2D eigenvalue weighted by molar-refractivity contribution is -0.146. The van der Waals surface area contributed by atoms with E-state index in [-0.39, 0.29) is 0 Å². The molecule has 0 amide bonds. The standard InChI is InChI=1S/C15H18N2O3/c1-3-13(18)15(14(19)20,11-7-5-4-6-8-11)12-9-16-17(2)10-12/h4-10,13,18H,3H2,1-2H3,(H,19,20). The lowest BCUT2D eigenvalue weighted by Gasteiger charge is -2.33. The molecular formula is C15H18N2O3. The molecule has 2 atom stereocenters. The van der Waals surface area contributed by atoms with Crippen LogP contribution in [-0.4, -0.2) is 32.1 Å². The molecule has 0 aliphatic carbocycles. The Kier molecular flexibility index (Phi) is 3.90. The molecule has 0 spiro atoms. The van der Waals surface area contributed by atoms with E-state index >= 15 is 0 Å². The fourth-order valence-electron chi connectivity index (χ4n) is 2.57. The zero-order chi connectivity index (χ0) is 14.8. The number of hydrogen-bond acceptors (Lipinski definition) is 3. The van der Waals surface area contributed by atoms with Crippen LogP contribution in [0.1, 0.15) is 24.5 Å². The molecule has 1 aromatic carbocycles. The Morgan fingerprint density at radius 3 is 2.45 bits per heavy atom. The van der Waals surface area contributed by atoms with E-state index in [9.17, 15) is 15.0 Å². The summed E-state index contributed by atoms with van der Waals surface area (Å²) in [5.74, 6) is -1.08. The molecule has 0 radical (unpaired) electrons. The van der Waals surface area contributed by atoms with Crippen molar-refractivity contribution in [1.82, 2.24) is 9.78 Å². The van der Waals surface area contributed by atoms with Gasteiger partial charge in [0.15, 0.2) is 0 Å². The van der Waals surface area contributed by atoms with Gasteiger partial charge in [-0.25, -0.2) is 0 Å². The van der Waals surface area contributed by atoms with Crippen molar-refractivity contribution in [1.29, 1.82) is 0 Å². The molecule has 0 saturated carbocycles. The second kappa shape index (κ2) is 5.46. The summed E-state index contributed by atoms with van der Waals surface area (Å²) in [4.78, 5) is 12.0. The van der Waals surface area contributed by atoms with Gasteiger partial charge in [-0.05, 0) is 12.0 Å². The predicted molar refractivity (Wildman–Crippen MR) is 74.4 cm³/mol. The fraction of sp³-hybridized carbons (Fsp3) is 0.333. The molecule has 0 fully saturated rings. The Hall–Kier alpha value is -2.14. The second-order valence-corrected chi connectivity index (χ2v) is 4.81. The van der Waals surface area contributed by atoms with Crippen LogP contribution in [0, 0.1) is 0 Å². The van der Waals surface area contributed by atoms with E-state index in [2.05, 4.69) is 5.10 Å². The number of carboxylic acid groups (broad SMARTS) is 1. The quantitative estimate of drug-likeness (QED) is 0.867. The SMILES string of the molecule is CCC(O)C(C(=O)O)(c1ccccc1)c1cnn(C)c1. The number of aromatic nitrogens is 2. The lowest BCUT2D eigenvalue weighted by Crippen LogP contribution is -2.47. The first kappa shape index (κ1) is 14.3. The van der Waals surface area contributed by atoms with Crippen molar-refractivity contribution in [2.24, 2.45) is 7.05 Å². The van der Waals surface area contributed by atoms with Gasteiger partial charge in [0, 0.05) is 18.8 Å². The highest BCUT2D eigenvalue weighted by molar-refractivity contribution is 5.86. The first-order valence-corrected chi connectivity index (χ1v) is 6.49. The smallest absolute Gasteiger partial charge is 0.321 e. The van der Waals surface area contributed by atoms with Gasteiger partial charge in [0.05, 0.1) is 12.3 Å². The maximum atomic E-state index is 12.0. The molecule has 0 saturated heterocycles. The van der Waals surface area contributed by atoms with Gasteiger partial charge in [-0.2, -0.15) is 5.10 Å². The Labute approximate surface area is 117 Å². The summed E-state index contributed by atoms with van der Waals surface area (Å²) in [7, 11) is 1.72. The highest BCUT2D eigenvalue weighted by Crippen LogP contribution is 2.37. The van der Waals surface area contributed by atoms with E-state index in [4.69, 9.17) is 0 Å². The molecular weight excluding hydrogens is 256 g/mol. The number of carbonyl (C=O) groups is 1. The largest absolute Gasteiger partial charge is 0.480 e. The van der Waals surface area contributed by atoms with Crippen molar-refractivity contribution in [3.05, 3.63) is 53.9 Å². The van der Waals surface area contributed by atoms with Gasteiger partial charge in [0.1, 0.15) is 5.41 Å². The highest BCUT2D eigenvalue weighted by Gasteiger charge is 2.48.